The zero-order chi connectivity index (χ0) is 14.6. The molecular weight excluding hydrogens is 292 g/mol. The van der Waals surface area contributed by atoms with Crippen LogP contribution in [-0.2, 0) is 13.2 Å². The lowest BCUT2D eigenvalue weighted by molar-refractivity contribution is 0.299. The summed E-state index contributed by atoms with van der Waals surface area (Å²) in [4.78, 5) is 4.21. The van der Waals surface area contributed by atoms with E-state index in [0.29, 0.717) is 13.2 Å². The lowest BCUT2D eigenvalue weighted by atomic mass is 10.1. The summed E-state index contributed by atoms with van der Waals surface area (Å²) in [6, 6.07) is 5.73. The summed E-state index contributed by atoms with van der Waals surface area (Å²) in [6.07, 6.45) is 1.78. The Morgan fingerprint density at radius 2 is 2.15 bits per heavy atom. The fourth-order valence-electron chi connectivity index (χ4n) is 1.66. The Kier molecular flexibility index (Phi) is 5.02. The zero-order valence-corrected chi connectivity index (χ0v) is 13.5. The van der Waals surface area contributed by atoms with Gasteiger partial charge in [0.15, 0.2) is 0 Å². The van der Waals surface area contributed by atoms with Gasteiger partial charge < -0.3 is 10.1 Å². The van der Waals surface area contributed by atoms with Crippen LogP contribution in [0.1, 0.15) is 31.3 Å². The number of hydrogen-bond donors (Lipinski definition) is 1. The molecule has 0 saturated carbocycles. The molecule has 5 heteroatoms. The summed E-state index contributed by atoms with van der Waals surface area (Å²) in [7, 11) is 0. The maximum Gasteiger partial charge on any atom is 0.140 e. The third kappa shape index (κ3) is 4.47. The summed E-state index contributed by atoms with van der Waals surface area (Å²) >= 11 is 7.87. The van der Waals surface area contributed by atoms with Gasteiger partial charge in [0.1, 0.15) is 17.4 Å². The highest BCUT2D eigenvalue weighted by molar-refractivity contribution is 7.09. The number of hydrogen-bond acceptors (Lipinski definition) is 4. The van der Waals surface area contributed by atoms with Crippen LogP contribution in [0.5, 0.6) is 5.75 Å². The van der Waals surface area contributed by atoms with Crippen molar-refractivity contribution in [3.63, 3.8) is 0 Å². The number of thiazole rings is 1. The Hall–Kier alpha value is -1.10. The second-order valence-corrected chi connectivity index (χ2v) is 6.92. The van der Waals surface area contributed by atoms with Gasteiger partial charge in [0.25, 0.3) is 0 Å². The Morgan fingerprint density at radius 3 is 2.80 bits per heavy atom. The van der Waals surface area contributed by atoms with E-state index in [0.717, 1.165) is 21.3 Å². The van der Waals surface area contributed by atoms with Crippen LogP contribution in [0.15, 0.2) is 29.8 Å². The summed E-state index contributed by atoms with van der Waals surface area (Å²) in [5.41, 5.74) is 1.02. The predicted molar refractivity (Wildman–Crippen MR) is 84.5 cm³/mol. The van der Waals surface area contributed by atoms with E-state index >= 15 is 0 Å². The molecule has 1 heterocycles. The SMILES string of the molecule is CC(C)(C)NCc1c(Cl)cccc1OCc1nccs1. The summed E-state index contributed by atoms with van der Waals surface area (Å²) in [6.45, 7) is 7.52. The summed E-state index contributed by atoms with van der Waals surface area (Å²) in [5, 5.41) is 7.06. The predicted octanol–water partition coefficient (Wildman–Crippen LogP) is 4.26. The second-order valence-electron chi connectivity index (χ2n) is 5.53. The molecule has 0 atom stereocenters. The molecule has 0 aliphatic carbocycles. The number of ether oxygens (including phenoxy) is 1. The Morgan fingerprint density at radius 1 is 1.35 bits per heavy atom. The van der Waals surface area contributed by atoms with Crippen molar-refractivity contribution < 1.29 is 4.74 Å². The van der Waals surface area contributed by atoms with Crippen LogP contribution in [0.2, 0.25) is 5.02 Å². The zero-order valence-electron chi connectivity index (χ0n) is 11.9. The first-order chi connectivity index (χ1) is 9.46. The van der Waals surface area contributed by atoms with Gasteiger partial charge in [-0.2, -0.15) is 0 Å². The molecule has 2 aromatic rings. The number of nitrogens with zero attached hydrogens (tertiary/aromatic N) is 1. The number of nitrogens with one attached hydrogen (secondary N) is 1. The topological polar surface area (TPSA) is 34.1 Å². The third-order valence-electron chi connectivity index (χ3n) is 2.71. The van der Waals surface area contributed by atoms with Crippen LogP contribution in [0.25, 0.3) is 0 Å². The van der Waals surface area contributed by atoms with Gasteiger partial charge in [-0.15, -0.1) is 11.3 Å². The van der Waals surface area contributed by atoms with Gasteiger partial charge in [-0.25, -0.2) is 4.98 Å². The number of rotatable bonds is 5. The van der Waals surface area contributed by atoms with Crippen molar-refractivity contribution >= 4 is 22.9 Å². The third-order valence-corrected chi connectivity index (χ3v) is 3.81. The molecule has 1 aromatic carbocycles. The summed E-state index contributed by atoms with van der Waals surface area (Å²) in [5.74, 6) is 0.810. The lowest BCUT2D eigenvalue weighted by Crippen LogP contribution is -2.35. The number of aromatic nitrogens is 1. The quantitative estimate of drug-likeness (QED) is 0.896. The average molecular weight is 311 g/mol. The van der Waals surface area contributed by atoms with Crippen molar-refractivity contribution in [2.24, 2.45) is 0 Å². The maximum absolute atomic E-state index is 6.29. The number of halogens is 1. The first-order valence-electron chi connectivity index (χ1n) is 6.49. The van der Waals surface area contributed by atoms with E-state index in [4.69, 9.17) is 16.3 Å². The molecule has 0 amide bonds. The normalized spacial score (nSPS) is 11.6. The summed E-state index contributed by atoms with van der Waals surface area (Å²) < 4.78 is 5.85. The largest absolute Gasteiger partial charge is 0.486 e. The Balaban J connectivity index is 2.09. The molecule has 0 spiro atoms. The number of benzene rings is 1. The standard InChI is InChI=1S/C15H19ClN2OS/c1-15(2,3)18-9-11-12(16)5-4-6-13(11)19-10-14-17-7-8-20-14/h4-8,18H,9-10H2,1-3H3. The van der Waals surface area contributed by atoms with E-state index in [1.807, 2.05) is 23.6 Å². The molecule has 0 bridgehead atoms. The Labute approximate surface area is 129 Å². The van der Waals surface area contributed by atoms with Gasteiger partial charge in [0, 0.05) is 34.2 Å². The van der Waals surface area contributed by atoms with Crippen molar-refractivity contribution in [3.8, 4) is 5.75 Å². The van der Waals surface area contributed by atoms with Crippen molar-refractivity contribution in [1.82, 2.24) is 10.3 Å². The highest BCUT2D eigenvalue weighted by Crippen LogP contribution is 2.27. The van der Waals surface area contributed by atoms with Crippen molar-refractivity contribution in [1.29, 1.82) is 0 Å². The first kappa shape index (κ1) is 15.3. The molecule has 20 heavy (non-hydrogen) atoms. The monoisotopic (exact) mass is 310 g/mol. The minimum Gasteiger partial charge on any atom is -0.486 e. The molecule has 0 unspecified atom stereocenters. The highest BCUT2D eigenvalue weighted by atomic mass is 35.5. The van der Waals surface area contributed by atoms with Crippen LogP contribution in [0.4, 0.5) is 0 Å². The fourth-order valence-corrected chi connectivity index (χ4v) is 2.42. The van der Waals surface area contributed by atoms with E-state index < -0.39 is 0 Å². The van der Waals surface area contributed by atoms with Gasteiger partial charge in [-0.1, -0.05) is 17.7 Å². The van der Waals surface area contributed by atoms with E-state index in [-0.39, 0.29) is 5.54 Å². The average Bonchev–Trinajstić information content (AvgIpc) is 2.87. The smallest absolute Gasteiger partial charge is 0.140 e. The van der Waals surface area contributed by atoms with Crippen LogP contribution < -0.4 is 10.1 Å². The molecule has 0 saturated heterocycles. The molecule has 108 valence electrons. The molecule has 0 aliphatic rings. The highest BCUT2D eigenvalue weighted by Gasteiger charge is 2.13. The molecular formula is C15H19ClN2OS. The minimum atomic E-state index is 0.0335. The Bertz CT molecular complexity index is 549. The fraction of sp³-hybridized carbons (Fsp3) is 0.400. The van der Waals surface area contributed by atoms with Crippen molar-refractivity contribution in [2.45, 2.75) is 39.5 Å². The lowest BCUT2D eigenvalue weighted by Gasteiger charge is -2.22. The second kappa shape index (κ2) is 6.57. The van der Waals surface area contributed by atoms with Gasteiger partial charge in [0.05, 0.1) is 0 Å². The van der Waals surface area contributed by atoms with Crippen LogP contribution in [0.3, 0.4) is 0 Å². The molecule has 1 N–H and O–H groups in total. The molecule has 0 aliphatic heterocycles. The minimum absolute atomic E-state index is 0.0335. The maximum atomic E-state index is 6.29. The van der Waals surface area contributed by atoms with Gasteiger partial charge in [-0.05, 0) is 32.9 Å². The molecule has 3 nitrogen and oxygen atoms in total. The van der Waals surface area contributed by atoms with Gasteiger partial charge >= 0.3 is 0 Å². The van der Waals surface area contributed by atoms with Crippen molar-refractivity contribution in [3.05, 3.63) is 45.4 Å². The van der Waals surface area contributed by atoms with Crippen LogP contribution in [-0.4, -0.2) is 10.5 Å². The van der Waals surface area contributed by atoms with Gasteiger partial charge in [0.2, 0.25) is 0 Å². The molecule has 2 rings (SSSR count). The first-order valence-corrected chi connectivity index (χ1v) is 7.75. The van der Waals surface area contributed by atoms with E-state index in [2.05, 4.69) is 31.1 Å². The van der Waals surface area contributed by atoms with Crippen molar-refractivity contribution in [2.75, 3.05) is 0 Å². The van der Waals surface area contributed by atoms with Crippen LogP contribution in [0, 0.1) is 0 Å². The van der Waals surface area contributed by atoms with Crippen LogP contribution >= 0.6 is 22.9 Å². The van der Waals surface area contributed by atoms with E-state index in [1.54, 1.807) is 17.5 Å². The van der Waals surface area contributed by atoms with E-state index in [1.165, 1.54) is 0 Å². The molecule has 0 radical (unpaired) electrons. The molecule has 0 fully saturated rings. The molecule has 1 aromatic heterocycles. The van der Waals surface area contributed by atoms with E-state index in [9.17, 15) is 0 Å². The van der Waals surface area contributed by atoms with Gasteiger partial charge in [-0.3, -0.25) is 0 Å².